The normalized spacial score (nSPS) is 19.8. The monoisotopic (exact) mass is 338 g/mol. The van der Waals surface area contributed by atoms with E-state index in [-0.39, 0.29) is 11.5 Å². The van der Waals surface area contributed by atoms with Gasteiger partial charge in [0.25, 0.3) is 0 Å². The van der Waals surface area contributed by atoms with E-state index in [0.717, 1.165) is 47.8 Å². The maximum Gasteiger partial charge on any atom is 0.248 e. The maximum absolute atomic E-state index is 11.7. The van der Waals surface area contributed by atoms with Gasteiger partial charge in [-0.2, -0.15) is 4.99 Å². The van der Waals surface area contributed by atoms with Gasteiger partial charge in [-0.15, -0.1) is 0 Å². The highest BCUT2D eigenvalue weighted by Gasteiger charge is 2.42. The van der Waals surface area contributed by atoms with Gasteiger partial charge < -0.3 is 16.5 Å². The van der Waals surface area contributed by atoms with Gasteiger partial charge in [-0.25, -0.2) is 4.99 Å². The van der Waals surface area contributed by atoms with Crippen molar-refractivity contribution >= 4 is 28.5 Å². The van der Waals surface area contributed by atoms with Crippen molar-refractivity contribution in [2.75, 3.05) is 4.90 Å². The third-order valence-corrected chi connectivity index (χ3v) is 5.14. The summed E-state index contributed by atoms with van der Waals surface area (Å²) in [5, 5.41) is 0.985. The van der Waals surface area contributed by atoms with Gasteiger partial charge in [0.2, 0.25) is 17.5 Å². The molecule has 2 heterocycles. The lowest BCUT2D eigenvalue weighted by Crippen LogP contribution is -2.58. The number of aromatic amines is 1. The van der Waals surface area contributed by atoms with Gasteiger partial charge in [0.05, 0.1) is 0 Å². The quantitative estimate of drug-likeness (QED) is 0.737. The number of fused-ring (bicyclic) bond motifs is 1. The van der Waals surface area contributed by atoms with Crippen molar-refractivity contribution in [1.82, 2.24) is 4.98 Å². The number of rotatable bonds is 1. The number of nitrogens with one attached hydrogen (secondary N) is 1. The Morgan fingerprint density at radius 3 is 2.68 bits per heavy atom. The van der Waals surface area contributed by atoms with Crippen molar-refractivity contribution in [3.8, 4) is 0 Å². The van der Waals surface area contributed by atoms with E-state index in [9.17, 15) is 4.79 Å². The number of anilines is 1. The first-order valence-electron chi connectivity index (χ1n) is 8.62. The minimum absolute atomic E-state index is 0.0991. The fourth-order valence-electron chi connectivity index (χ4n) is 4.04. The van der Waals surface area contributed by atoms with E-state index >= 15 is 0 Å². The highest BCUT2D eigenvalue weighted by molar-refractivity contribution is 6.06. The number of benzene rings is 1. The molecule has 0 saturated heterocycles. The molecule has 130 valence electrons. The zero-order valence-electron chi connectivity index (χ0n) is 14.2. The Morgan fingerprint density at radius 1 is 1.16 bits per heavy atom. The average Bonchev–Trinajstić information content (AvgIpc) is 2.55. The Hall–Kier alpha value is -2.83. The number of hydrogen-bond donors (Lipinski definition) is 3. The molecule has 0 unspecified atom stereocenters. The van der Waals surface area contributed by atoms with Crippen LogP contribution in [0.25, 0.3) is 10.9 Å². The summed E-state index contributed by atoms with van der Waals surface area (Å²) >= 11 is 0. The third-order valence-electron chi connectivity index (χ3n) is 5.14. The van der Waals surface area contributed by atoms with Crippen LogP contribution >= 0.6 is 0 Å². The molecule has 1 spiro atoms. The predicted molar refractivity (Wildman–Crippen MR) is 101 cm³/mol. The molecule has 1 saturated carbocycles. The van der Waals surface area contributed by atoms with Gasteiger partial charge >= 0.3 is 0 Å². The molecule has 4 rings (SSSR count). The molecule has 0 radical (unpaired) electrons. The van der Waals surface area contributed by atoms with Gasteiger partial charge in [-0.1, -0.05) is 6.42 Å². The van der Waals surface area contributed by atoms with E-state index in [1.165, 1.54) is 6.42 Å². The fraction of sp³-hybridized carbons (Fsp3) is 0.389. The van der Waals surface area contributed by atoms with Gasteiger partial charge in [-0.3, -0.25) is 9.69 Å². The number of H-pyrrole nitrogens is 1. The summed E-state index contributed by atoms with van der Waals surface area (Å²) in [6.07, 6.45) is 5.15. The van der Waals surface area contributed by atoms with Crippen LogP contribution in [-0.4, -0.2) is 22.6 Å². The lowest BCUT2D eigenvalue weighted by atomic mass is 9.87. The third kappa shape index (κ3) is 2.56. The van der Waals surface area contributed by atoms with Crippen LogP contribution in [0.3, 0.4) is 0 Å². The largest absolute Gasteiger partial charge is 0.369 e. The van der Waals surface area contributed by atoms with Crippen LogP contribution in [0.4, 0.5) is 5.69 Å². The van der Waals surface area contributed by atoms with Crippen molar-refractivity contribution < 1.29 is 0 Å². The first-order valence-corrected chi connectivity index (χ1v) is 8.62. The van der Waals surface area contributed by atoms with Crippen molar-refractivity contribution in [2.24, 2.45) is 21.5 Å². The van der Waals surface area contributed by atoms with Crippen LogP contribution < -0.4 is 21.9 Å². The average molecular weight is 338 g/mol. The Labute approximate surface area is 145 Å². The first kappa shape index (κ1) is 15.7. The lowest BCUT2D eigenvalue weighted by molar-refractivity contribution is 0.305. The Kier molecular flexibility index (Phi) is 3.52. The van der Waals surface area contributed by atoms with Crippen molar-refractivity contribution in [3.05, 3.63) is 40.2 Å². The summed E-state index contributed by atoms with van der Waals surface area (Å²) in [6.45, 7) is 1.93. The molecule has 1 fully saturated rings. The highest BCUT2D eigenvalue weighted by atomic mass is 16.1. The molecule has 7 nitrogen and oxygen atoms in total. The second kappa shape index (κ2) is 5.61. The van der Waals surface area contributed by atoms with Crippen LogP contribution in [0.1, 0.15) is 37.7 Å². The number of aromatic nitrogens is 1. The second-order valence-electron chi connectivity index (χ2n) is 6.87. The molecule has 7 heteroatoms. The van der Waals surface area contributed by atoms with Crippen molar-refractivity contribution in [1.29, 1.82) is 0 Å². The predicted octanol–water partition coefficient (Wildman–Crippen LogP) is 1.95. The number of nitrogens with zero attached hydrogens (tertiary/aromatic N) is 3. The number of nitrogens with two attached hydrogens (primary N) is 2. The summed E-state index contributed by atoms with van der Waals surface area (Å²) in [4.78, 5) is 25.4. The van der Waals surface area contributed by atoms with E-state index in [1.807, 2.05) is 30.0 Å². The lowest BCUT2D eigenvalue weighted by Gasteiger charge is -2.45. The summed E-state index contributed by atoms with van der Waals surface area (Å²) in [5.41, 5.74) is 14.3. The molecule has 0 bridgehead atoms. The van der Waals surface area contributed by atoms with Gasteiger partial charge in [0.1, 0.15) is 5.66 Å². The summed E-state index contributed by atoms with van der Waals surface area (Å²) in [6, 6.07) is 7.50. The van der Waals surface area contributed by atoms with Crippen LogP contribution in [0.2, 0.25) is 0 Å². The molecular formula is C18H22N6O. The van der Waals surface area contributed by atoms with Crippen LogP contribution in [-0.2, 0) is 0 Å². The zero-order chi connectivity index (χ0) is 17.6. The molecule has 1 aromatic carbocycles. The molecule has 5 N–H and O–H groups in total. The summed E-state index contributed by atoms with van der Waals surface area (Å²) in [7, 11) is 0. The standard InChI is InChI=1S/C18H22N6O/c1-11-9-15(25)21-14-6-5-12(10-13(11)14)24-17(20)22-16(19)23-18(24)7-3-2-4-8-18/h5-6,9-10H,2-4,7-8H2,1H3,(H,21,25)(H4,19,20,22,23). The SMILES string of the molecule is Cc1cc(=O)[nH]c2ccc(N3C(N)=NC(N)=NC34CCCCC4)cc12. The van der Waals surface area contributed by atoms with E-state index < -0.39 is 5.66 Å². The Bertz CT molecular complexity index is 952. The minimum Gasteiger partial charge on any atom is -0.369 e. The Morgan fingerprint density at radius 2 is 1.92 bits per heavy atom. The van der Waals surface area contributed by atoms with E-state index in [0.29, 0.717) is 5.96 Å². The smallest absolute Gasteiger partial charge is 0.248 e. The van der Waals surface area contributed by atoms with Crippen molar-refractivity contribution in [2.45, 2.75) is 44.7 Å². The second-order valence-corrected chi connectivity index (χ2v) is 6.87. The fourth-order valence-corrected chi connectivity index (χ4v) is 4.04. The number of pyridine rings is 1. The molecule has 1 aromatic heterocycles. The topological polar surface area (TPSA) is 113 Å². The van der Waals surface area contributed by atoms with E-state index in [4.69, 9.17) is 16.5 Å². The number of guanidine groups is 2. The Balaban J connectivity index is 1.88. The van der Waals surface area contributed by atoms with Crippen molar-refractivity contribution in [3.63, 3.8) is 0 Å². The summed E-state index contributed by atoms with van der Waals surface area (Å²) < 4.78 is 0. The molecule has 0 atom stereocenters. The number of aliphatic imine (C=N–C) groups is 2. The van der Waals surface area contributed by atoms with Gasteiger partial charge in [0.15, 0.2) is 0 Å². The molecule has 1 aliphatic carbocycles. The number of aryl methyl sites for hydroxylation is 1. The van der Waals surface area contributed by atoms with Crippen LogP contribution in [0.5, 0.6) is 0 Å². The zero-order valence-corrected chi connectivity index (χ0v) is 14.2. The molecule has 2 aliphatic rings. The molecule has 0 amide bonds. The minimum atomic E-state index is -0.460. The summed E-state index contributed by atoms with van der Waals surface area (Å²) in [5.74, 6) is 0.618. The molecule has 2 aromatic rings. The molecule has 1 aliphatic heterocycles. The number of hydrogen-bond acceptors (Lipinski definition) is 6. The van der Waals surface area contributed by atoms with E-state index in [1.54, 1.807) is 6.07 Å². The van der Waals surface area contributed by atoms with Crippen LogP contribution in [0.15, 0.2) is 39.0 Å². The maximum atomic E-state index is 11.7. The molecule has 25 heavy (non-hydrogen) atoms. The molecular weight excluding hydrogens is 316 g/mol. The van der Waals surface area contributed by atoms with E-state index in [2.05, 4.69) is 9.98 Å². The van der Waals surface area contributed by atoms with Gasteiger partial charge in [0, 0.05) is 22.7 Å². The first-order chi connectivity index (χ1) is 12.0. The van der Waals surface area contributed by atoms with Crippen LogP contribution in [0, 0.1) is 6.92 Å². The highest BCUT2D eigenvalue weighted by Crippen LogP contribution is 2.40. The van der Waals surface area contributed by atoms with Gasteiger partial charge in [-0.05, 0) is 56.4 Å².